The van der Waals surface area contributed by atoms with Crippen molar-refractivity contribution in [3.8, 4) is 0 Å². The molecular formula is C17H24N8. The molecule has 0 spiro atoms. The summed E-state index contributed by atoms with van der Waals surface area (Å²) < 4.78 is 0. The molecule has 4 rings (SSSR count). The smallest absolute Gasteiger partial charge is 0.247 e. The number of nitrogens with zero attached hydrogens (tertiary/aromatic N) is 8. The zero-order valence-electron chi connectivity index (χ0n) is 14.6. The first-order chi connectivity index (χ1) is 12.3. The molecule has 8 nitrogen and oxygen atoms in total. The Morgan fingerprint density at radius 2 is 1.48 bits per heavy atom. The normalized spacial score (nSPS) is 19.3. The lowest BCUT2D eigenvalue weighted by atomic mass is 10.3. The monoisotopic (exact) mass is 340 g/mol. The van der Waals surface area contributed by atoms with Gasteiger partial charge in [-0.05, 0) is 19.2 Å². The van der Waals surface area contributed by atoms with Crippen molar-refractivity contribution in [1.82, 2.24) is 25.1 Å². The minimum absolute atomic E-state index is 0.733. The van der Waals surface area contributed by atoms with Gasteiger partial charge in [-0.1, -0.05) is 6.07 Å². The van der Waals surface area contributed by atoms with Gasteiger partial charge in [-0.3, -0.25) is 0 Å². The van der Waals surface area contributed by atoms with Crippen LogP contribution in [0.5, 0.6) is 0 Å². The molecule has 0 N–H and O–H groups in total. The van der Waals surface area contributed by atoms with Crippen LogP contribution in [-0.2, 0) is 0 Å². The maximum Gasteiger partial charge on any atom is 0.247 e. The predicted molar refractivity (Wildman–Crippen MR) is 98.2 cm³/mol. The van der Waals surface area contributed by atoms with Crippen LogP contribution in [0.4, 0.5) is 17.6 Å². The number of likely N-dealkylation sites (N-methyl/N-ethyl adjacent to an activating group) is 1. The summed E-state index contributed by atoms with van der Waals surface area (Å²) in [6.07, 6.45) is 3.62. The van der Waals surface area contributed by atoms with Crippen LogP contribution in [-0.4, -0.2) is 84.5 Å². The Kier molecular flexibility index (Phi) is 4.60. The molecule has 8 heteroatoms. The molecule has 2 fully saturated rings. The first kappa shape index (κ1) is 16.0. The van der Waals surface area contributed by atoms with Crippen LogP contribution in [0.15, 0.2) is 30.6 Å². The van der Waals surface area contributed by atoms with Gasteiger partial charge in [-0.15, -0.1) is 5.10 Å². The van der Waals surface area contributed by atoms with Gasteiger partial charge in [-0.25, -0.2) is 4.98 Å². The fourth-order valence-electron chi connectivity index (χ4n) is 3.28. The molecular weight excluding hydrogens is 316 g/mol. The molecule has 2 aliphatic rings. The van der Waals surface area contributed by atoms with Crippen LogP contribution in [0, 0.1) is 0 Å². The Morgan fingerprint density at radius 1 is 0.800 bits per heavy atom. The first-order valence-electron chi connectivity index (χ1n) is 8.84. The lowest BCUT2D eigenvalue weighted by Crippen LogP contribution is -2.48. The van der Waals surface area contributed by atoms with Gasteiger partial charge in [-0.2, -0.15) is 10.1 Å². The molecule has 0 aliphatic carbocycles. The van der Waals surface area contributed by atoms with Crippen molar-refractivity contribution in [3.63, 3.8) is 0 Å². The van der Waals surface area contributed by atoms with E-state index in [0.29, 0.717) is 0 Å². The highest BCUT2D eigenvalue weighted by molar-refractivity contribution is 5.45. The summed E-state index contributed by atoms with van der Waals surface area (Å²) in [6, 6.07) is 6.03. The predicted octanol–water partition coefficient (Wildman–Crippen LogP) is 0.345. The van der Waals surface area contributed by atoms with E-state index < -0.39 is 0 Å². The molecule has 4 heterocycles. The molecule has 2 saturated heterocycles. The molecule has 0 saturated carbocycles. The van der Waals surface area contributed by atoms with E-state index in [-0.39, 0.29) is 0 Å². The summed E-state index contributed by atoms with van der Waals surface area (Å²) in [5.41, 5.74) is 0. The van der Waals surface area contributed by atoms with Gasteiger partial charge in [0.05, 0.1) is 6.20 Å². The van der Waals surface area contributed by atoms with E-state index in [0.717, 1.165) is 69.9 Å². The average molecular weight is 340 g/mol. The van der Waals surface area contributed by atoms with Crippen molar-refractivity contribution >= 4 is 17.6 Å². The van der Waals surface area contributed by atoms with E-state index in [2.05, 4.69) is 47.9 Å². The van der Waals surface area contributed by atoms with E-state index in [1.807, 2.05) is 18.3 Å². The third-order valence-corrected chi connectivity index (χ3v) is 4.90. The molecule has 2 aliphatic heterocycles. The fraction of sp³-hybridized carbons (Fsp3) is 0.529. The zero-order chi connectivity index (χ0) is 17.1. The van der Waals surface area contributed by atoms with Crippen LogP contribution < -0.4 is 14.7 Å². The van der Waals surface area contributed by atoms with Crippen LogP contribution in [0.25, 0.3) is 0 Å². The first-order valence-corrected chi connectivity index (χ1v) is 8.84. The summed E-state index contributed by atoms with van der Waals surface area (Å²) in [5, 5.41) is 8.46. The van der Waals surface area contributed by atoms with Crippen molar-refractivity contribution in [2.24, 2.45) is 0 Å². The van der Waals surface area contributed by atoms with Gasteiger partial charge in [0.1, 0.15) is 5.82 Å². The lowest BCUT2D eigenvalue weighted by Gasteiger charge is -2.36. The third-order valence-electron chi connectivity index (χ3n) is 4.90. The Hall–Kier alpha value is -2.48. The van der Waals surface area contributed by atoms with E-state index in [1.54, 1.807) is 6.20 Å². The number of aromatic nitrogens is 4. The highest BCUT2D eigenvalue weighted by Gasteiger charge is 2.22. The summed E-state index contributed by atoms with van der Waals surface area (Å²) in [4.78, 5) is 18.3. The van der Waals surface area contributed by atoms with E-state index >= 15 is 0 Å². The minimum Gasteiger partial charge on any atom is -0.353 e. The number of hydrogen-bond donors (Lipinski definition) is 0. The Morgan fingerprint density at radius 3 is 2.20 bits per heavy atom. The van der Waals surface area contributed by atoms with Crippen LogP contribution in [0.2, 0.25) is 0 Å². The minimum atomic E-state index is 0.733. The highest BCUT2D eigenvalue weighted by Crippen LogP contribution is 2.18. The molecule has 0 bridgehead atoms. The van der Waals surface area contributed by atoms with E-state index in [1.165, 1.54) is 0 Å². The van der Waals surface area contributed by atoms with Gasteiger partial charge in [0, 0.05) is 58.6 Å². The Labute approximate surface area is 148 Å². The van der Waals surface area contributed by atoms with Gasteiger partial charge in [0.15, 0.2) is 5.82 Å². The number of pyridine rings is 1. The maximum atomic E-state index is 4.77. The number of hydrogen-bond acceptors (Lipinski definition) is 8. The summed E-state index contributed by atoms with van der Waals surface area (Å²) in [5.74, 6) is 2.70. The third kappa shape index (κ3) is 3.63. The SMILES string of the molecule is CN1CCN(c2cnnc(N3CCN(c4ccccn4)CC3)n2)CC1. The Bertz CT molecular complexity index is 678. The van der Waals surface area contributed by atoms with Crippen molar-refractivity contribution < 1.29 is 0 Å². The van der Waals surface area contributed by atoms with Crippen molar-refractivity contribution in [3.05, 3.63) is 30.6 Å². The average Bonchev–Trinajstić information content (AvgIpc) is 2.69. The Balaban J connectivity index is 1.40. The summed E-state index contributed by atoms with van der Waals surface area (Å²) >= 11 is 0. The lowest BCUT2D eigenvalue weighted by molar-refractivity contribution is 0.312. The molecule has 25 heavy (non-hydrogen) atoms. The molecule has 0 atom stereocenters. The molecule has 2 aromatic rings. The summed E-state index contributed by atoms with van der Waals surface area (Å²) in [7, 11) is 2.15. The van der Waals surface area contributed by atoms with Gasteiger partial charge in [0.25, 0.3) is 0 Å². The second kappa shape index (κ2) is 7.18. The second-order valence-electron chi connectivity index (χ2n) is 6.57. The highest BCUT2D eigenvalue weighted by atomic mass is 15.4. The van der Waals surface area contributed by atoms with Crippen molar-refractivity contribution in [1.29, 1.82) is 0 Å². The van der Waals surface area contributed by atoms with Crippen LogP contribution >= 0.6 is 0 Å². The molecule has 2 aromatic heterocycles. The standard InChI is InChI=1S/C17H24N8/c1-22-6-8-24(9-7-22)16-14-19-21-17(20-16)25-12-10-23(11-13-25)15-4-2-3-5-18-15/h2-5,14H,6-13H2,1H3. The number of rotatable bonds is 3. The largest absolute Gasteiger partial charge is 0.353 e. The fourth-order valence-corrected chi connectivity index (χ4v) is 3.28. The molecule has 0 unspecified atom stereocenters. The molecule has 0 aromatic carbocycles. The van der Waals surface area contributed by atoms with Crippen molar-refractivity contribution in [2.75, 3.05) is 74.1 Å². The van der Waals surface area contributed by atoms with E-state index in [9.17, 15) is 0 Å². The number of anilines is 3. The van der Waals surface area contributed by atoms with Crippen molar-refractivity contribution in [2.45, 2.75) is 0 Å². The van der Waals surface area contributed by atoms with Gasteiger partial charge >= 0.3 is 0 Å². The van der Waals surface area contributed by atoms with Crippen LogP contribution in [0.1, 0.15) is 0 Å². The molecule has 132 valence electrons. The quantitative estimate of drug-likeness (QED) is 0.793. The molecule has 0 radical (unpaired) electrons. The zero-order valence-corrected chi connectivity index (χ0v) is 14.6. The second-order valence-corrected chi connectivity index (χ2v) is 6.57. The van der Waals surface area contributed by atoms with Crippen LogP contribution in [0.3, 0.4) is 0 Å². The summed E-state index contributed by atoms with van der Waals surface area (Å²) in [6.45, 7) is 7.68. The van der Waals surface area contributed by atoms with E-state index in [4.69, 9.17) is 4.98 Å². The number of piperazine rings is 2. The molecule has 0 amide bonds. The van der Waals surface area contributed by atoms with Gasteiger partial charge in [0.2, 0.25) is 5.95 Å². The van der Waals surface area contributed by atoms with Gasteiger partial charge < -0.3 is 19.6 Å². The topological polar surface area (TPSA) is 64.5 Å². The maximum absolute atomic E-state index is 4.77.